The predicted molar refractivity (Wildman–Crippen MR) is 118 cm³/mol. The number of carbonyl (C=O) groups is 2. The second kappa shape index (κ2) is 9.10. The van der Waals surface area contributed by atoms with Gasteiger partial charge >= 0.3 is 0 Å². The first-order valence-electron chi connectivity index (χ1n) is 10.5. The van der Waals surface area contributed by atoms with E-state index in [1.165, 1.54) is 35.6 Å². The number of nitrogens with zero attached hydrogens (tertiary/aromatic N) is 1. The van der Waals surface area contributed by atoms with Crippen molar-refractivity contribution >= 4 is 35.2 Å². The normalized spacial score (nSPS) is 22.1. The van der Waals surface area contributed by atoms with Gasteiger partial charge in [0.2, 0.25) is 5.91 Å². The van der Waals surface area contributed by atoms with Gasteiger partial charge in [0.25, 0.3) is 5.91 Å². The van der Waals surface area contributed by atoms with Crippen molar-refractivity contribution in [2.75, 3.05) is 11.4 Å². The summed E-state index contributed by atoms with van der Waals surface area (Å²) in [5, 5.41) is 3.24. The highest BCUT2D eigenvalue weighted by Gasteiger charge is 2.33. The molecular weight excluding hydrogens is 419 g/mol. The van der Waals surface area contributed by atoms with Crippen LogP contribution < -0.4 is 15.0 Å². The molecule has 0 unspecified atom stereocenters. The van der Waals surface area contributed by atoms with Crippen molar-refractivity contribution in [1.29, 1.82) is 0 Å². The standard InChI is InChI=1S/C24H24ClFN2O3/c1-15-7-2-3-10-19(15)27-23(29)14-28-20-11-4-5-12-21(20)31-22(24(28)30)13-16-17(25)8-6-9-18(16)26/h4-6,8-9,11-13,15,19H,2-3,7,10,14H2,1H3,(H,27,29)/b22-13-/t15-,19+/m1/s1. The number of ether oxygens (including phenoxy) is 1. The van der Waals surface area contributed by atoms with Crippen molar-refractivity contribution in [2.24, 2.45) is 5.92 Å². The maximum absolute atomic E-state index is 14.3. The molecule has 0 spiro atoms. The number of rotatable bonds is 4. The third kappa shape index (κ3) is 4.59. The number of nitrogens with one attached hydrogen (secondary N) is 1. The third-order valence-corrected chi connectivity index (χ3v) is 6.20. The molecule has 1 aliphatic carbocycles. The Balaban J connectivity index is 1.61. The molecular formula is C24H24ClFN2O3. The molecule has 1 fully saturated rings. The SMILES string of the molecule is C[C@@H]1CCCC[C@@H]1NC(=O)CN1C(=O)/C(=C/c2c(F)cccc2Cl)Oc2ccccc21. The molecule has 2 aliphatic rings. The van der Waals surface area contributed by atoms with E-state index < -0.39 is 11.7 Å². The van der Waals surface area contributed by atoms with Gasteiger partial charge in [0.15, 0.2) is 11.5 Å². The van der Waals surface area contributed by atoms with Crippen LogP contribution in [0.1, 0.15) is 38.2 Å². The fourth-order valence-corrected chi connectivity index (χ4v) is 4.34. The van der Waals surface area contributed by atoms with E-state index >= 15 is 0 Å². The van der Waals surface area contributed by atoms with Crippen LogP contribution in [0.25, 0.3) is 6.08 Å². The van der Waals surface area contributed by atoms with Crippen LogP contribution in [0.2, 0.25) is 5.02 Å². The topological polar surface area (TPSA) is 58.6 Å². The fourth-order valence-electron chi connectivity index (χ4n) is 4.13. The van der Waals surface area contributed by atoms with Gasteiger partial charge in [-0.1, -0.05) is 49.6 Å². The van der Waals surface area contributed by atoms with Gasteiger partial charge in [-0.3, -0.25) is 14.5 Å². The van der Waals surface area contributed by atoms with Gasteiger partial charge in [0.05, 0.1) is 10.7 Å². The van der Waals surface area contributed by atoms with Crippen LogP contribution in [0.3, 0.4) is 0 Å². The second-order valence-electron chi connectivity index (χ2n) is 8.04. The first-order valence-corrected chi connectivity index (χ1v) is 10.9. The van der Waals surface area contributed by atoms with Crippen LogP contribution in [-0.2, 0) is 9.59 Å². The fraction of sp³-hybridized carbons (Fsp3) is 0.333. The van der Waals surface area contributed by atoms with Gasteiger partial charge in [-0.2, -0.15) is 0 Å². The Morgan fingerprint density at radius 3 is 2.77 bits per heavy atom. The zero-order valence-corrected chi connectivity index (χ0v) is 18.0. The summed E-state index contributed by atoms with van der Waals surface area (Å²) in [5.41, 5.74) is 0.559. The Bertz CT molecular complexity index is 1020. The van der Waals surface area contributed by atoms with E-state index in [1.807, 2.05) is 0 Å². The number of benzene rings is 2. The van der Waals surface area contributed by atoms with E-state index in [9.17, 15) is 14.0 Å². The van der Waals surface area contributed by atoms with Gasteiger partial charge in [-0.05, 0) is 49.1 Å². The lowest BCUT2D eigenvalue weighted by atomic mass is 9.86. The molecule has 1 heterocycles. The minimum Gasteiger partial charge on any atom is -0.449 e. The smallest absolute Gasteiger partial charge is 0.294 e. The minimum absolute atomic E-state index is 0.0623. The van der Waals surface area contributed by atoms with Crippen molar-refractivity contribution in [3.05, 3.63) is 64.6 Å². The molecule has 2 aromatic rings. The lowest BCUT2D eigenvalue weighted by Gasteiger charge is -2.32. The van der Waals surface area contributed by atoms with Gasteiger partial charge in [0.1, 0.15) is 12.4 Å². The minimum atomic E-state index is -0.564. The molecule has 1 aliphatic heterocycles. The first-order chi connectivity index (χ1) is 14.9. The molecule has 7 heteroatoms. The number of para-hydroxylation sites is 2. The van der Waals surface area contributed by atoms with Gasteiger partial charge in [-0.15, -0.1) is 0 Å². The Labute approximate surface area is 185 Å². The number of hydrogen-bond acceptors (Lipinski definition) is 3. The number of halogens is 2. The van der Waals surface area contributed by atoms with Gasteiger partial charge in [0, 0.05) is 11.6 Å². The highest BCUT2D eigenvalue weighted by molar-refractivity contribution is 6.32. The summed E-state index contributed by atoms with van der Waals surface area (Å²) >= 11 is 6.11. The van der Waals surface area contributed by atoms with Crippen molar-refractivity contribution in [3.63, 3.8) is 0 Å². The molecule has 2 atom stereocenters. The van der Waals surface area contributed by atoms with E-state index in [-0.39, 0.29) is 34.8 Å². The van der Waals surface area contributed by atoms with E-state index in [1.54, 1.807) is 24.3 Å². The Kier molecular flexibility index (Phi) is 6.28. The first kappa shape index (κ1) is 21.4. The Hall–Kier alpha value is -2.86. The molecule has 0 radical (unpaired) electrons. The highest BCUT2D eigenvalue weighted by atomic mass is 35.5. The molecule has 31 heavy (non-hydrogen) atoms. The van der Waals surface area contributed by atoms with Crippen molar-refractivity contribution in [1.82, 2.24) is 5.32 Å². The van der Waals surface area contributed by atoms with Gasteiger partial charge < -0.3 is 10.1 Å². The van der Waals surface area contributed by atoms with Crippen molar-refractivity contribution in [3.8, 4) is 5.75 Å². The zero-order chi connectivity index (χ0) is 22.0. The summed E-state index contributed by atoms with van der Waals surface area (Å²) in [7, 11) is 0. The van der Waals surface area contributed by atoms with E-state index in [0.717, 1.165) is 19.3 Å². The third-order valence-electron chi connectivity index (χ3n) is 5.87. The van der Waals surface area contributed by atoms with Crippen LogP contribution in [0.15, 0.2) is 48.2 Å². The lowest BCUT2D eigenvalue weighted by molar-refractivity contribution is -0.124. The van der Waals surface area contributed by atoms with E-state index in [4.69, 9.17) is 16.3 Å². The predicted octanol–water partition coefficient (Wildman–Crippen LogP) is 4.94. The molecule has 2 amide bonds. The molecule has 0 aromatic heterocycles. The maximum Gasteiger partial charge on any atom is 0.294 e. The largest absolute Gasteiger partial charge is 0.449 e. The molecule has 5 nitrogen and oxygen atoms in total. The maximum atomic E-state index is 14.3. The van der Waals surface area contributed by atoms with Crippen molar-refractivity contribution in [2.45, 2.75) is 38.6 Å². The molecule has 1 saturated carbocycles. The Morgan fingerprint density at radius 1 is 1.23 bits per heavy atom. The number of carbonyl (C=O) groups excluding carboxylic acids is 2. The van der Waals surface area contributed by atoms with Crippen molar-refractivity contribution < 1.29 is 18.7 Å². The van der Waals surface area contributed by atoms with E-state index in [2.05, 4.69) is 12.2 Å². The summed E-state index contributed by atoms with van der Waals surface area (Å²) < 4.78 is 20.0. The molecule has 0 saturated heterocycles. The molecule has 2 aromatic carbocycles. The van der Waals surface area contributed by atoms with Crippen LogP contribution in [0, 0.1) is 11.7 Å². The average molecular weight is 443 g/mol. The summed E-state index contributed by atoms with van der Waals surface area (Å²) in [5.74, 6) is -0.587. The molecule has 0 bridgehead atoms. The summed E-state index contributed by atoms with van der Waals surface area (Å²) in [6.07, 6.45) is 5.57. The van der Waals surface area contributed by atoms with Crippen LogP contribution in [0.5, 0.6) is 5.75 Å². The summed E-state index contributed by atoms with van der Waals surface area (Å²) in [6, 6.07) is 11.4. The highest BCUT2D eigenvalue weighted by Crippen LogP contribution is 2.36. The molecule has 162 valence electrons. The van der Waals surface area contributed by atoms with Crippen LogP contribution >= 0.6 is 11.6 Å². The number of hydrogen-bond donors (Lipinski definition) is 1. The van der Waals surface area contributed by atoms with Gasteiger partial charge in [-0.25, -0.2) is 4.39 Å². The van der Waals surface area contributed by atoms with Crippen LogP contribution in [0.4, 0.5) is 10.1 Å². The lowest BCUT2D eigenvalue weighted by Crippen LogP contribution is -2.48. The number of amides is 2. The summed E-state index contributed by atoms with van der Waals surface area (Å²) in [6.45, 7) is 1.99. The number of fused-ring (bicyclic) bond motifs is 1. The quantitative estimate of drug-likeness (QED) is 0.682. The monoisotopic (exact) mass is 442 g/mol. The average Bonchev–Trinajstić information content (AvgIpc) is 2.75. The van der Waals surface area contributed by atoms with Crippen LogP contribution in [-0.4, -0.2) is 24.4 Å². The summed E-state index contributed by atoms with van der Waals surface area (Å²) in [4.78, 5) is 27.4. The molecule has 1 N–H and O–H groups in total. The number of anilines is 1. The Morgan fingerprint density at radius 2 is 2.00 bits per heavy atom. The molecule has 4 rings (SSSR count). The second-order valence-corrected chi connectivity index (χ2v) is 8.45. The van der Waals surface area contributed by atoms with E-state index in [0.29, 0.717) is 17.4 Å². The zero-order valence-electron chi connectivity index (χ0n) is 17.2.